The number of benzene rings is 2. The lowest BCUT2D eigenvalue weighted by molar-refractivity contribution is 0.0696. The van der Waals surface area contributed by atoms with Crippen LogP contribution >= 0.6 is 0 Å². The Labute approximate surface area is 197 Å². The lowest BCUT2D eigenvalue weighted by atomic mass is 9.97. The highest BCUT2D eigenvalue weighted by Gasteiger charge is 2.27. The van der Waals surface area contributed by atoms with Crippen LogP contribution in [0.3, 0.4) is 0 Å². The topological polar surface area (TPSA) is 84.2 Å². The smallest absolute Gasteiger partial charge is 0.379 e. The van der Waals surface area contributed by atoms with Crippen LogP contribution in [0.5, 0.6) is 23.0 Å². The third-order valence-electron chi connectivity index (χ3n) is 5.20. The summed E-state index contributed by atoms with van der Waals surface area (Å²) in [7, 11) is 3.05. The number of fused-ring (bicyclic) bond motifs is 1. The standard InChI is InChI=1S/C27H24O7/c1-27(2)14-13-19-21(30-3)12-9-18(25(19)34-27)20(28)10-7-17-8-11-22(31-4)24(16-17)33-26(29)23-6-5-15-32-23/h5-16H,1-4H3/b10-7+. The molecule has 0 bridgehead atoms. The van der Waals surface area contributed by atoms with Gasteiger partial charge in [-0.2, -0.15) is 0 Å². The molecule has 0 atom stereocenters. The molecule has 0 saturated carbocycles. The van der Waals surface area contributed by atoms with Crippen molar-refractivity contribution in [1.29, 1.82) is 0 Å². The highest BCUT2D eigenvalue weighted by molar-refractivity contribution is 6.09. The van der Waals surface area contributed by atoms with Crippen molar-refractivity contribution in [2.75, 3.05) is 14.2 Å². The molecule has 0 unspecified atom stereocenters. The minimum Gasteiger partial charge on any atom is -0.496 e. The first-order valence-corrected chi connectivity index (χ1v) is 10.6. The van der Waals surface area contributed by atoms with Gasteiger partial charge < -0.3 is 23.4 Å². The molecule has 7 heteroatoms. The average molecular weight is 460 g/mol. The van der Waals surface area contributed by atoms with Gasteiger partial charge in [0.15, 0.2) is 17.3 Å². The fraction of sp³-hybridized carbons (Fsp3) is 0.185. The predicted octanol–water partition coefficient (Wildman–Crippen LogP) is 5.60. The number of carbonyl (C=O) groups is 2. The molecule has 0 saturated heterocycles. The maximum atomic E-state index is 13.1. The molecule has 0 N–H and O–H groups in total. The Balaban J connectivity index is 1.60. The molecule has 3 aromatic rings. The second kappa shape index (κ2) is 9.31. The van der Waals surface area contributed by atoms with E-state index >= 15 is 0 Å². The summed E-state index contributed by atoms with van der Waals surface area (Å²) in [5.74, 6) is 0.850. The van der Waals surface area contributed by atoms with Crippen LogP contribution in [-0.2, 0) is 0 Å². The number of furan rings is 1. The van der Waals surface area contributed by atoms with E-state index in [0.29, 0.717) is 28.4 Å². The largest absolute Gasteiger partial charge is 0.496 e. The normalized spacial score (nSPS) is 13.8. The second-order valence-corrected chi connectivity index (χ2v) is 8.07. The first-order valence-electron chi connectivity index (χ1n) is 10.6. The maximum absolute atomic E-state index is 13.1. The maximum Gasteiger partial charge on any atom is 0.379 e. The third kappa shape index (κ3) is 4.73. The minimum atomic E-state index is -0.654. The van der Waals surface area contributed by atoms with Crippen LogP contribution in [0.4, 0.5) is 0 Å². The van der Waals surface area contributed by atoms with Gasteiger partial charge in [0.05, 0.1) is 31.6 Å². The van der Waals surface area contributed by atoms with E-state index in [0.717, 1.165) is 5.56 Å². The molecule has 174 valence electrons. The number of methoxy groups -OCH3 is 2. The van der Waals surface area contributed by atoms with E-state index in [9.17, 15) is 9.59 Å². The van der Waals surface area contributed by atoms with Crippen molar-refractivity contribution in [3.8, 4) is 23.0 Å². The molecule has 1 aliphatic rings. The first kappa shape index (κ1) is 22.9. The predicted molar refractivity (Wildman–Crippen MR) is 127 cm³/mol. The lowest BCUT2D eigenvalue weighted by Gasteiger charge is -2.29. The van der Waals surface area contributed by atoms with Crippen LogP contribution in [0.25, 0.3) is 12.2 Å². The van der Waals surface area contributed by atoms with E-state index in [1.165, 1.54) is 25.5 Å². The van der Waals surface area contributed by atoms with Crippen molar-refractivity contribution in [1.82, 2.24) is 0 Å². The van der Waals surface area contributed by atoms with Crippen molar-refractivity contribution >= 4 is 23.9 Å². The van der Waals surface area contributed by atoms with Gasteiger partial charge in [0.25, 0.3) is 0 Å². The fourth-order valence-corrected chi connectivity index (χ4v) is 3.49. The molecule has 0 radical (unpaired) electrons. The van der Waals surface area contributed by atoms with Gasteiger partial charge in [0.1, 0.15) is 17.1 Å². The summed E-state index contributed by atoms with van der Waals surface area (Å²) in [5, 5.41) is 0. The molecule has 0 amide bonds. The van der Waals surface area contributed by atoms with Crippen molar-refractivity contribution in [3.63, 3.8) is 0 Å². The van der Waals surface area contributed by atoms with E-state index in [1.807, 2.05) is 26.0 Å². The zero-order valence-corrected chi connectivity index (χ0v) is 19.3. The molecule has 0 fully saturated rings. The van der Waals surface area contributed by atoms with Crippen molar-refractivity contribution in [3.05, 3.63) is 83.3 Å². The number of hydrogen-bond acceptors (Lipinski definition) is 7. The summed E-state index contributed by atoms with van der Waals surface area (Å²) in [6.45, 7) is 3.83. The number of ketones is 1. The monoisotopic (exact) mass is 460 g/mol. The summed E-state index contributed by atoms with van der Waals surface area (Å²) >= 11 is 0. The minimum absolute atomic E-state index is 0.0689. The van der Waals surface area contributed by atoms with Crippen LogP contribution < -0.4 is 18.9 Å². The molecule has 0 aliphatic carbocycles. The Morgan fingerprint density at radius 2 is 1.74 bits per heavy atom. The van der Waals surface area contributed by atoms with E-state index < -0.39 is 11.6 Å². The lowest BCUT2D eigenvalue weighted by Crippen LogP contribution is -2.28. The number of rotatable bonds is 7. The Kier molecular flexibility index (Phi) is 6.27. The third-order valence-corrected chi connectivity index (χ3v) is 5.20. The van der Waals surface area contributed by atoms with Crippen LogP contribution in [0, 0.1) is 0 Å². The van der Waals surface area contributed by atoms with E-state index in [4.69, 9.17) is 23.4 Å². The molecule has 34 heavy (non-hydrogen) atoms. The van der Waals surface area contributed by atoms with Gasteiger partial charge in [0, 0.05) is 0 Å². The molecule has 1 aliphatic heterocycles. The summed E-state index contributed by atoms with van der Waals surface area (Å²) in [6, 6.07) is 11.5. The summed E-state index contributed by atoms with van der Waals surface area (Å²) in [6.07, 6.45) is 8.28. The van der Waals surface area contributed by atoms with E-state index in [-0.39, 0.29) is 17.3 Å². The Morgan fingerprint density at radius 1 is 0.971 bits per heavy atom. The van der Waals surface area contributed by atoms with Gasteiger partial charge in [-0.1, -0.05) is 12.1 Å². The van der Waals surface area contributed by atoms with Crippen LogP contribution in [0.15, 0.2) is 65.3 Å². The second-order valence-electron chi connectivity index (χ2n) is 8.07. The SMILES string of the molecule is COc1ccc(/C=C/C(=O)c2ccc(OC)c3c2OC(C)(C)C=C3)cc1OC(=O)c1ccco1. The summed E-state index contributed by atoms with van der Waals surface area (Å²) in [4.78, 5) is 25.4. The molecular formula is C27H24O7. The van der Waals surface area contributed by atoms with Crippen molar-refractivity contribution < 1.29 is 33.0 Å². The highest BCUT2D eigenvalue weighted by Crippen LogP contribution is 2.40. The van der Waals surface area contributed by atoms with E-state index in [2.05, 4.69) is 0 Å². The fourth-order valence-electron chi connectivity index (χ4n) is 3.49. The molecule has 2 aromatic carbocycles. The van der Waals surface area contributed by atoms with Gasteiger partial charge >= 0.3 is 5.97 Å². The quantitative estimate of drug-likeness (QED) is 0.196. The number of allylic oxidation sites excluding steroid dienone is 1. The molecule has 0 spiro atoms. The van der Waals surface area contributed by atoms with Crippen molar-refractivity contribution in [2.24, 2.45) is 0 Å². The van der Waals surface area contributed by atoms with Crippen molar-refractivity contribution in [2.45, 2.75) is 19.4 Å². The van der Waals surface area contributed by atoms with Gasteiger partial charge in [-0.3, -0.25) is 4.79 Å². The van der Waals surface area contributed by atoms with Gasteiger partial charge in [-0.15, -0.1) is 0 Å². The van der Waals surface area contributed by atoms with Crippen LogP contribution in [0.1, 0.15) is 45.9 Å². The molecule has 1 aromatic heterocycles. The molecule has 2 heterocycles. The summed E-state index contributed by atoms with van der Waals surface area (Å²) in [5.41, 5.74) is 1.22. The zero-order chi connectivity index (χ0) is 24.3. The highest BCUT2D eigenvalue weighted by atomic mass is 16.6. The van der Waals surface area contributed by atoms with Crippen LogP contribution in [-0.4, -0.2) is 31.6 Å². The number of esters is 1. The number of carbonyl (C=O) groups excluding carboxylic acids is 2. The first-order chi connectivity index (χ1) is 16.3. The van der Waals surface area contributed by atoms with Gasteiger partial charge in [-0.25, -0.2) is 4.79 Å². The van der Waals surface area contributed by atoms with Gasteiger partial charge in [0.2, 0.25) is 5.76 Å². The van der Waals surface area contributed by atoms with Gasteiger partial charge in [-0.05, 0) is 74.0 Å². The molecule has 7 nitrogen and oxygen atoms in total. The Hall–Kier alpha value is -4.26. The Morgan fingerprint density at radius 3 is 2.44 bits per heavy atom. The summed E-state index contributed by atoms with van der Waals surface area (Å²) < 4.78 is 27.3. The Bertz CT molecular complexity index is 1280. The molecular weight excluding hydrogens is 436 g/mol. The zero-order valence-electron chi connectivity index (χ0n) is 19.3. The number of ether oxygens (including phenoxy) is 4. The van der Waals surface area contributed by atoms with Crippen LogP contribution in [0.2, 0.25) is 0 Å². The van der Waals surface area contributed by atoms with E-state index in [1.54, 1.807) is 49.6 Å². The number of hydrogen-bond donors (Lipinski definition) is 0. The molecule has 4 rings (SSSR count). The average Bonchev–Trinajstić information content (AvgIpc) is 3.36.